The molecular formula is C9H11BrN2O2. The second kappa shape index (κ2) is 5.81. The molecule has 0 unspecified atom stereocenters. The van der Waals surface area contributed by atoms with Gasteiger partial charge in [-0.25, -0.2) is 0 Å². The third-order valence-corrected chi connectivity index (χ3v) is 2.12. The molecule has 0 amide bonds. The lowest BCUT2D eigenvalue weighted by molar-refractivity contribution is 0.0869. The Morgan fingerprint density at radius 1 is 1.57 bits per heavy atom. The molecule has 0 fully saturated rings. The van der Waals surface area contributed by atoms with Gasteiger partial charge in [0.2, 0.25) is 0 Å². The van der Waals surface area contributed by atoms with Gasteiger partial charge in [0.15, 0.2) is 0 Å². The van der Waals surface area contributed by atoms with E-state index in [9.17, 15) is 0 Å². The minimum Gasteiger partial charge on any atom is -0.394 e. The predicted octanol–water partition coefficient (Wildman–Crippen LogP) is 1.13. The van der Waals surface area contributed by atoms with E-state index in [2.05, 4.69) is 22.0 Å². The van der Waals surface area contributed by atoms with E-state index in [1.165, 1.54) is 0 Å². The van der Waals surface area contributed by atoms with Crippen LogP contribution in [0.3, 0.4) is 0 Å². The maximum absolute atomic E-state index is 8.76. The molecule has 1 N–H and O–H groups in total. The van der Waals surface area contributed by atoms with Crippen molar-refractivity contribution in [3.8, 4) is 6.07 Å². The molecule has 0 bridgehead atoms. The van der Waals surface area contributed by atoms with Crippen LogP contribution in [0.15, 0.2) is 16.7 Å². The molecule has 1 rings (SSSR count). The van der Waals surface area contributed by atoms with Crippen molar-refractivity contribution >= 4 is 15.9 Å². The van der Waals surface area contributed by atoms with Crippen LogP contribution in [0.1, 0.15) is 5.69 Å². The summed E-state index contributed by atoms with van der Waals surface area (Å²) >= 11 is 3.29. The topological polar surface area (TPSA) is 58.2 Å². The van der Waals surface area contributed by atoms with Gasteiger partial charge in [0.05, 0.1) is 19.8 Å². The zero-order chi connectivity index (χ0) is 10.4. The van der Waals surface area contributed by atoms with Crippen LogP contribution >= 0.6 is 15.9 Å². The molecule has 1 aromatic heterocycles. The summed E-state index contributed by atoms with van der Waals surface area (Å²) in [4.78, 5) is 0. The van der Waals surface area contributed by atoms with Crippen LogP contribution in [0, 0.1) is 11.3 Å². The van der Waals surface area contributed by atoms with E-state index in [1.54, 1.807) is 6.07 Å². The zero-order valence-corrected chi connectivity index (χ0v) is 9.20. The van der Waals surface area contributed by atoms with Crippen LogP contribution in [-0.2, 0) is 11.3 Å². The molecule has 0 aliphatic heterocycles. The molecule has 4 nitrogen and oxygen atoms in total. The number of hydrogen-bond donors (Lipinski definition) is 1. The Kier molecular flexibility index (Phi) is 4.66. The molecule has 0 aliphatic rings. The Labute approximate surface area is 90.8 Å². The van der Waals surface area contributed by atoms with Gasteiger partial charge in [-0.2, -0.15) is 5.26 Å². The van der Waals surface area contributed by atoms with Crippen molar-refractivity contribution in [1.29, 1.82) is 5.26 Å². The monoisotopic (exact) mass is 258 g/mol. The Balaban J connectivity index is 2.46. The van der Waals surface area contributed by atoms with Crippen molar-refractivity contribution < 1.29 is 9.84 Å². The average Bonchev–Trinajstić information content (AvgIpc) is 2.54. The van der Waals surface area contributed by atoms with Crippen molar-refractivity contribution in [2.45, 2.75) is 6.54 Å². The van der Waals surface area contributed by atoms with E-state index in [0.29, 0.717) is 25.5 Å². The highest BCUT2D eigenvalue weighted by molar-refractivity contribution is 9.10. The molecule has 0 saturated carbocycles. The molecule has 76 valence electrons. The molecule has 0 aromatic carbocycles. The van der Waals surface area contributed by atoms with Crippen molar-refractivity contribution in [2.24, 2.45) is 0 Å². The lowest BCUT2D eigenvalue weighted by Crippen LogP contribution is -2.08. The van der Waals surface area contributed by atoms with E-state index in [1.807, 2.05) is 10.8 Å². The molecule has 0 radical (unpaired) electrons. The zero-order valence-electron chi connectivity index (χ0n) is 7.61. The van der Waals surface area contributed by atoms with Gasteiger partial charge in [0.25, 0.3) is 0 Å². The van der Waals surface area contributed by atoms with E-state index in [4.69, 9.17) is 15.1 Å². The Morgan fingerprint density at radius 2 is 2.36 bits per heavy atom. The van der Waals surface area contributed by atoms with Crippen LogP contribution in [0.4, 0.5) is 0 Å². The van der Waals surface area contributed by atoms with Crippen LogP contribution in [-0.4, -0.2) is 29.5 Å². The number of ether oxygens (including phenoxy) is 1. The van der Waals surface area contributed by atoms with Gasteiger partial charge in [-0.3, -0.25) is 0 Å². The molecule has 14 heavy (non-hydrogen) atoms. The first-order chi connectivity index (χ1) is 6.77. The third-order valence-electron chi connectivity index (χ3n) is 1.69. The fraction of sp³-hybridized carbons (Fsp3) is 0.444. The third kappa shape index (κ3) is 3.14. The molecular weight excluding hydrogens is 248 g/mol. The van der Waals surface area contributed by atoms with Gasteiger partial charge in [0, 0.05) is 17.2 Å². The number of nitriles is 1. The van der Waals surface area contributed by atoms with Crippen LogP contribution in [0.2, 0.25) is 0 Å². The summed E-state index contributed by atoms with van der Waals surface area (Å²) < 4.78 is 7.79. The van der Waals surface area contributed by atoms with Crippen molar-refractivity contribution in [3.05, 3.63) is 22.4 Å². The summed E-state index contributed by atoms with van der Waals surface area (Å²) in [6.07, 6.45) is 1.83. The first-order valence-electron chi connectivity index (χ1n) is 4.22. The molecule has 5 heteroatoms. The van der Waals surface area contributed by atoms with Gasteiger partial charge in [-0.15, -0.1) is 0 Å². The number of nitrogens with zero attached hydrogens (tertiary/aromatic N) is 2. The van der Waals surface area contributed by atoms with Gasteiger partial charge in [0.1, 0.15) is 11.8 Å². The maximum Gasteiger partial charge on any atom is 0.121 e. The molecule has 0 spiro atoms. The van der Waals surface area contributed by atoms with Crippen LogP contribution in [0.25, 0.3) is 0 Å². The number of aliphatic hydroxyl groups excluding tert-OH is 1. The fourth-order valence-electron chi connectivity index (χ4n) is 1.08. The van der Waals surface area contributed by atoms with Crippen molar-refractivity contribution in [3.63, 3.8) is 0 Å². The fourth-order valence-corrected chi connectivity index (χ4v) is 1.54. The highest BCUT2D eigenvalue weighted by atomic mass is 79.9. The minimum absolute atomic E-state index is 0.0283. The standard InChI is InChI=1S/C9H11BrN2O2/c10-8-5-9(6-11)12(7-8)1-3-14-4-2-13/h5,7,13H,1-4H2. The number of hydrogen-bond acceptors (Lipinski definition) is 3. The summed E-state index contributed by atoms with van der Waals surface area (Å²) in [5.74, 6) is 0. The highest BCUT2D eigenvalue weighted by Gasteiger charge is 2.02. The van der Waals surface area contributed by atoms with Gasteiger partial charge < -0.3 is 14.4 Å². The summed E-state index contributed by atoms with van der Waals surface area (Å²) in [6, 6.07) is 3.84. The largest absolute Gasteiger partial charge is 0.394 e. The second-order valence-corrected chi connectivity index (χ2v) is 3.60. The van der Waals surface area contributed by atoms with Crippen molar-refractivity contribution in [2.75, 3.05) is 19.8 Å². The van der Waals surface area contributed by atoms with E-state index >= 15 is 0 Å². The molecule has 1 aromatic rings. The maximum atomic E-state index is 8.76. The van der Waals surface area contributed by atoms with E-state index in [0.717, 1.165) is 4.47 Å². The van der Waals surface area contributed by atoms with Crippen LogP contribution < -0.4 is 0 Å². The Hall–Kier alpha value is -0.830. The SMILES string of the molecule is N#Cc1cc(Br)cn1CCOCCO. The smallest absolute Gasteiger partial charge is 0.121 e. The lowest BCUT2D eigenvalue weighted by Gasteiger charge is -2.04. The summed E-state index contributed by atoms with van der Waals surface area (Å²) in [7, 11) is 0. The summed E-state index contributed by atoms with van der Waals surface area (Å²) in [5, 5.41) is 17.2. The Bertz CT molecular complexity index is 330. The number of halogens is 1. The molecule has 0 aliphatic carbocycles. The first-order valence-corrected chi connectivity index (χ1v) is 5.01. The Morgan fingerprint density at radius 3 is 3.00 bits per heavy atom. The van der Waals surface area contributed by atoms with E-state index in [-0.39, 0.29) is 6.61 Å². The molecule has 0 atom stereocenters. The predicted molar refractivity (Wildman–Crippen MR) is 54.8 cm³/mol. The normalized spacial score (nSPS) is 10.1. The van der Waals surface area contributed by atoms with E-state index < -0.39 is 0 Å². The highest BCUT2D eigenvalue weighted by Crippen LogP contribution is 2.13. The number of aromatic nitrogens is 1. The average molecular weight is 259 g/mol. The first kappa shape index (κ1) is 11.2. The number of aliphatic hydroxyl groups is 1. The van der Waals surface area contributed by atoms with Gasteiger partial charge in [-0.05, 0) is 22.0 Å². The summed E-state index contributed by atoms with van der Waals surface area (Å²) in [6.45, 7) is 1.48. The van der Waals surface area contributed by atoms with Gasteiger partial charge in [-0.1, -0.05) is 0 Å². The van der Waals surface area contributed by atoms with Crippen LogP contribution in [0.5, 0.6) is 0 Å². The van der Waals surface area contributed by atoms with Gasteiger partial charge >= 0.3 is 0 Å². The quantitative estimate of drug-likeness (QED) is 0.806. The minimum atomic E-state index is 0.0283. The summed E-state index contributed by atoms with van der Waals surface area (Å²) in [5.41, 5.74) is 0.601. The molecule has 1 heterocycles. The molecule has 0 saturated heterocycles. The number of rotatable bonds is 5. The lowest BCUT2D eigenvalue weighted by atomic mass is 10.5. The van der Waals surface area contributed by atoms with Crippen molar-refractivity contribution in [1.82, 2.24) is 4.57 Å². The second-order valence-electron chi connectivity index (χ2n) is 2.68.